The number of ether oxygens (including phenoxy) is 2. The molecule has 0 unspecified atom stereocenters. The van der Waals surface area contributed by atoms with Crippen LogP contribution in [-0.2, 0) is 20.7 Å². The van der Waals surface area contributed by atoms with Gasteiger partial charge in [0.15, 0.2) is 0 Å². The average Bonchev–Trinajstić information content (AvgIpc) is 2.65. The Kier molecular flexibility index (Phi) is 7.26. The molecule has 0 fully saturated rings. The lowest BCUT2D eigenvalue weighted by molar-refractivity contribution is -0.142. The minimum absolute atomic E-state index is 0.0375. The summed E-state index contributed by atoms with van der Waals surface area (Å²) in [5.74, 6) is -3.97. The average molecular weight is 419 g/mol. The van der Waals surface area contributed by atoms with Gasteiger partial charge in [0, 0.05) is 12.5 Å². The summed E-state index contributed by atoms with van der Waals surface area (Å²) < 4.78 is 36.9. The van der Waals surface area contributed by atoms with Crippen LogP contribution in [0.4, 0.5) is 8.78 Å². The molecule has 6 nitrogen and oxygen atoms in total. The topological polar surface area (TPSA) is 81.7 Å². The molecule has 1 atom stereocenters. The minimum Gasteiger partial charge on any atom is -0.467 e. The molecule has 0 radical (unpaired) electrons. The quantitative estimate of drug-likeness (QED) is 0.726. The van der Waals surface area contributed by atoms with Crippen molar-refractivity contribution in [3.8, 4) is 0 Å². The zero-order chi connectivity index (χ0) is 22.5. The summed E-state index contributed by atoms with van der Waals surface area (Å²) in [5, 5.41) is 2.39. The highest BCUT2D eigenvalue weighted by Gasteiger charge is 2.24. The van der Waals surface area contributed by atoms with Crippen LogP contribution in [-0.4, -0.2) is 36.6 Å². The Labute approximate surface area is 173 Å². The third-order valence-electron chi connectivity index (χ3n) is 4.00. The number of methoxy groups -OCH3 is 1. The van der Waals surface area contributed by atoms with Gasteiger partial charge in [-0.15, -0.1) is 0 Å². The Morgan fingerprint density at radius 1 is 1.03 bits per heavy atom. The van der Waals surface area contributed by atoms with Crippen molar-refractivity contribution < 1.29 is 32.6 Å². The molecular weight excluding hydrogens is 396 g/mol. The summed E-state index contributed by atoms with van der Waals surface area (Å²) in [7, 11) is 1.16. The number of amides is 1. The second-order valence-electron chi connectivity index (χ2n) is 7.58. The summed E-state index contributed by atoms with van der Waals surface area (Å²) >= 11 is 0. The molecule has 8 heteroatoms. The highest BCUT2D eigenvalue weighted by Crippen LogP contribution is 2.15. The minimum atomic E-state index is -1.11. The lowest BCUT2D eigenvalue weighted by atomic mass is 10.0. The Hall–Kier alpha value is -3.29. The SMILES string of the molecule is COC(=O)[C@H](Cc1ccc(C(=O)OC(C)(C)C)cc1)NC(=O)c1ccc(F)cc1F. The molecular formula is C22H23F2NO5. The van der Waals surface area contributed by atoms with Crippen molar-refractivity contribution in [3.63, 3.8) is 0 Å². The van der Waals surface area contributed by atoms with Gasteiger partial charge in [-0.25, -0.2) is 18.4 Å². The normalized spacial score (nSPS) is 12.1. The fourth-order valence-corrected chi connectivity index (χ4v) is 2.59. The molecule has 0 aromatic heterocycles. The van der Waals surface area contributed by atoms with E-state index >= 15 is 0 Å². The Morgan fingerprint density at radius 3 is 2.20 bits per heavy atom. The second kappa shape index (κ2) is 9.47. The Balaban J connectivity index is 2.14. The van der Waals surface area contributed by atoms with E-state index in [0.717, 1.165) is 19.2 Å². The van der Waals surface area contributed by atoms with Gasteiger partial charge in [0.25, 0.3) is 5.91 Å². The molecule has 0 aliphatic carbocycles. The van der Waals surface area contributed by atoms with Crippen LogP contribution in [0.25, 0.3) is 0 Å². The summed E-state index contributed by atoms with van der Waals surface area (Å²) in [5.41, 5.74) is -0.0741. The molecule has 30 heavy (non-hydrogen) atoms. The van der Waals surface area contributed by atoms with Crippen LogP contribution < -0.4 is 5.32 Å². The fourth-order valence-electron chi connectivity index (χ4n) is 2.59. The van der Waals surface area contributed by atoms with Gasteiger partial charge in [-0.05, 0) is 50.6 Å². The van der Waals surface area contributed by atoms with E-state index in [2.05, 4.69) is 5.32 Å². The van der Waals surface area contributed by atoms with E-state index in [9.17, 15) is 23.2 Å². The third kappa shape index (κ3) is 6.37. The third-order valence-corrected chi connectivity index (χ3v) is 4.00. The van der Waals surface area contributed by atoms with Gasteiger partial charge in [0.05, 0.1) is 18.2 Å². The van der Waals surface area contributed by atoms with E-state index in [-0.39, 0.29) is 6.42 Å². The van der Waals surface area contributed by atoms with Crippen LogP contribution in [0.1, 0.15) is 47.1 Å². The van der Waals surface area contributed by atoms with Gasteiger partial charge in [-0.1, -0.05) is 12.1 Å². The van der Waals surface area contributed by atoms with Crippen LogP contribution in [0.2, 0.25) is 0 Å². The number of hydrogen-bond donors (Lipinski definition) is 1. The Bertz CT molecular complexity index is 936. The summed E-state index contributed by atoms with van der Waals surface area (Å²) in [6.07, 6.45) is 0.0375. The zero-order valence-electron chi connectivity index (χ0n) is 17.1. The highest BCUT2D eigenvalue weighted by atomic mass is 19.1. The largest absolute Gasteiger partial charge is 0.467 e. The van der Waals surface area contributed by atoms with Gasteiger partial charge in [-0.2, -0.15) is 0 Å². The molecule has 0 heterocycles. The molecule has 2 aromatic rings. The first-order valence-corrected chi connectivity index (χ1v) is 9.16. The molecule has 0 saturated heterocycles. The predicted molar refractivity (Wildman–Crippen MR) is 105 cm³/mol. The summed E-state index contributed by atoms with van der Waals surface area (Å²) in [4.78, 5) is 36.5. The lowest BCUT2D eigenvalue weighted by Gasteiger charge is -2.20. The first kappa shape index (κ1) is 23.0. The summed E-state index contributed by atoms with van der Waals surface area (Å²) in [6.45, 7) is 5.27. The predicted octanol–water partition coefficient (Wildman–Crippen LogP) is 3.43. The first-order chi connectivity index (χ1) is 14.0. The molecule has 1 N–H and O–H groups in total. The van der Waals surface area contributed by atoms with Crippen molar-refractivity contribution in [1.82, 2.24) is 5.32 Å². The maximum atomic E-state index is 13.8. The summed E-state index contributed by atoms with van der Waals surface area (Å²) in [6, 6.07) is 7.71. The van der Waals surface area contributed by atoms with E-state index in [1.54, 1.807) is 45.0 Å². The van der Waals surface area contributed by atoms with Gasteiger partial charge in [0.2, 0.25) is 0 Å². The van der Waals surface area contributed by atoms with E-state index in [1.165, 1.54) is 0 Å². The zero-order valence-corrected chi connectivity index (χ0v) is 17.1. The Morgan fingerprint density at radius 2 is 1.67 bits per heavy atom. The molecule has 2 aromatic carbocycles. The van der Waals surface area contributed by atoms with Crippen molar-refractivity contribution in [3.05, 3.63) is 70.8 Å². The highest BCUT2D eigenvalue weighted by molar-refractivity contribution is 5.97. The maximum Gasteiger partial charge on any atom is 0.338 e. The van der Waals surface area contributed by atoms with Crippen LogP contribution in [0.5, 0.6) is 0 Å². The molecule has 0 aliphatic heterocycles. The van der Waals surface area contributed by atoms with Gasteiger partial charge >= 0.3 is 11.9 Å². The van der Waals surface area contributed by atoms with Gasteiger partial charge in [-0.3, -0.25) is 4.79 Å². The molecule has 0 saturated carbocycles. The van der Waals surface area contributed by atoms with E-state index in [1.807, 2.05) is 0 Å². The van der Waals surface area contributed by atoms with E-state index < -0.39 is 46.7 Å². The second-order valence-corrected chi connectivity index (χ2v) is 7.58. The number of carbonyl (C=O) groups excluding carboxylic acids is 3. The lowest BCUT2D eigenvalue weighted by Crippen LogP contribution is -2.43. The standard InChI is InChI=1S/C22H23F2NO5/c1-22(2,3)30-20(27)14-7-5-13(6-8-14)11-18(21(28)29-4)25-19(26)16-10-9-15(23)12-17(16)24/h5-10,12,18H,11H2,1-4H3,(H,25,26)/t18-/m0/s1. The molecule has 160 valence electrons. The number of nitrogens with one attached hydrogen (secondary N) is 1. The first-order valence-electron chi connectivity index (χ1n) is 9.16. The van der Waals surface area contributed by atoms with Crippen molar-refractivity contribution in [2.24, 2.45) is 0 Å². The van der Waals surface area contributed by atoms with Crippen molar-refractivity contribution in [2.45, 2.75) is 38.8 Å². The number of benzene rings is 2. The molecule has 0 bridgehead atoms. The van der Waals surface area contributed by atoms with E-state index in [4.69, 9.17) is 9.47 Å². The number of rotatable bonds is 6. The van der Waals surface area contributed by atoms with Crippen LogP contribution in [0.3, 0.4) is 0 Å². The molecule has 0 aliphatic rings. The van der Waals surface area contributed by atoms with Crippen LogP contribution in [0, 0.1) is 11.6 Å². The van der Waals surface area contributed by atoms with Crippen molar-refractivity contribution >= 4 is 17.8 Å². The van der Waals surface area contributed by atoms with Crippen molar-refractivity contribution in [2.75, 3.05) is 7.11 Å². The maximum absolute atomic E-state index is 13.8. The van der Waals surface area contributed by atoms with Gasteiger partial charge in [0.1, 0.15) is 23.3 Å². The van der Waals surface area contributed by atoms with Crippen LogP contribution >= 0.6 is 0 Å². The molecule has 2 rings (SSSR count). The van der Waals surface area contributed by atoms with Gasteiger partial charge < -0.3 is 14.8 Å². The molecule has 1 amide bonds. The van der Waals surface area contributed by atoms with E-state index in [0.29, 0.717) is 17.2 Å². The fraction of sp³-hybridized carbons (Fsp3) is 0.318. The smallest absolute Gasteiger partial charge is 0.338 e. The number of esters is 2. The number of halogens is 2. The number of carbonyl (C=O) groups is 3. The molecule has 0 spiro atoms. The van der Waals surface area contributed by atoms with Crippen molar-refractivity contribution in [1.29, 1.82) is 0 Å². The van der Waals surface area contributed by atoms with Crippen LogP contribution in [0.15, 0.2) is 42.5 Å². The monoisotopic (exact) mass is 419 g/mol. The number of hydrogen-bond acceptors (Lipinski definition) is 5.